The molecule has 0 bridgehead atoms. The van der Waals surface area contributed by atoms with Gasteiger partial charge in [-0.2, -0.15) is 0 Å². The second kappa shape index (κ2) is 7.76. The normalized spacial score (nSPS) is 12.3. The summed E-state index contributed by atoms with van der Waals surface area (Å²) in [5.41, 5.74) is 0.691. The lowest BCUT2D eigenvalue weighted by Crippen LogP contribution is -2.41. The van der Waals surface area contributed by atoms with Crippen LogP contribution < -0.4 is 15.4 Å². The topological polar surface area (TPSA) is 70.6 Å². The molecule has 1 amide bonds. The van der Waals surface area contributed by atoms with E-state index in [9.17, 15) is 4.79 Å². The number of hydrogen-bond donors (Lipinski definition) is 3. The van der Waals surface area contributed by atoms with Crippen LogP contribution in [0, 0.1) is 5.92 Å². The van der Waals surface area contributed by atoms with Crippen LogP contribution in [0.25, 0.3) is 0 Å². The van der Waals surface area contributed by atoms with E-state index < -0.39 is 0 Å². The van der Waals surface area contributed by atoms with Gasteiger partial charge in [0.15, 0.2) is 0 Å². The highest BCUT2D eigenvalue weighted by Crippen LogP contribution is 2.16. The monoisotopic (exact) mass is 266 g/mol. The van der Waals surface area contributed by atoms with E-state index in [-0.39, 0.29) is 31.0 Å². The van der Waals surface area contributed by atoms with Gasteiger partial charge in [0.25, 0.3) is 0 Å². The molecule has 19 heavy (non-hydrogen) atoms. The maximum absolute atomic E-state index is 11.8. The van der Waals surface area contributed by atoms with Crippen LogP contribution in [0.15, 0.2) is 24.3 Å². The fraction of sp³-hybridized carbons (Fsp3) is 0.500. The van der Waals surface area contributed by atoms with Crippen molar-refractivity contribution in [1.82, 2.24) is 5.32 Å². The van der Waals surface area contributed by atoms with Gasteiger partial charge in [0.2, 0.25) is 5.91 Å². The van der Waals surface area contributed by atoms with Gasteiger partial charge in [-0.3, -0.25) is 4.79 Å². The lowest BCUT2D eigenvalue weighted by Gasteiger charge is -2.19. The Hall–Kier alpha value is -1.59. The Morgan fingerprint density at radius 2 is 2.16 bits per heavy atom. The van der Waals surface area contributed by atoms with Crippen LogP contribution in [0.1, 0.15) is 13.8 Å². The number of nitrogens with one attached hydrogen (secondary N) is 2. The van der Waals surface area contributed by atoms with Gasteiger partial charge in [-0.05, 0) is 18.1 Å². The first kappa shape index (κ1) is 15.5. The van der Waals surface area contributed by atoms with Crippen molar-refractivity contribution >= 4 is 11.6 Å². The minimum Gasteiger partial charge on any atom is -0.497 e. The molecular formula is C14H22N2O3. The van der Waals surface area contributed by atoms with Gasteiger partial charge >= 0.3 is 0 Å². The van der Waals surface area contributed by atoms with Crippen LogP contribution in [0.2, 0.25) is 0 Å². The van der Waals surface area contributed by atoms with Crippen molar-refractivity contribution < 1.29 is 14.6 Å². The number of ether oxygens (including phenoxy) is 1. The molecule has 0 saturated heterocycles. The lowest BCUT2D eigenvalue weighted by atomic mass is 10.1. The number of benzene rings is 1. The molecule has 0 aliphatic heterocycles. The van der Waals surface area contributed by atoms with Crippen LogP contribution in [-0.4, -0.2) is 37.3 Å². The van der Waals surface area contributed by atoms with Crippen molar-refractivity contribution in [2.75, 3.05) is 25.6 Å². The molecule has 3 N–H and O–H groups in total. The molecule has 0 aliphatic rings. The first-order valence-corrected chi connectivity index (χ1v) is 6.35. The van der Waals surface area contributed by atoms with Crippen molar-refractivity contribution in [3.05, 3.63) is 24.3 Å². The van der Waals surface area contributed by atoms with Gasteiger partial charge < -0.3 is 20.5 Å². The van der Waals surface area contributed by atoms with E-state index in [0.29, 0.717) is 11.4 Å². The van der Waals surface area contributed by atoms with E-state index in [1.165, 1.54) is 0 Å². The summed E-state index contributed by atoms with van der Waals surface area (Å²) in [6.45, 7) is 4.17. The zero-order valence-electron chi connectivity index (χ0n) is 11.6. The smallest absolute Gasteiger partial charge is 0.238 e. The highest BCUT2D eigenvalue weighted by molar-refractivity contribution is 5.92. The Morgan fingerprint density at radius 3 is 2.74 bits per heavy atom. The first-order valence-electron chi connectivity index (χ1n) is 6.35. The van der Waals surface area contributed by atoms with Gasteiger partial charge in [-0.25, -0.2) is 0 Å². The number of aliphatic hydroxyl groups excluding tert-OH is 1. The van der Waals surface area contributed by atoms with E-state index in [2.05, 4.69) is 10.6 Å². The Kier molecular flexibility index (Phi) is 6.32. The number of hydrogen-bond acceptors (Lipinski definition) is 4. The summed E-state index contributed by atoms with van der Waals surface area (Å²) in [4.78, 5) is 11.8. The minimum atomic E-state index is -0.146. The Balaban J connectivity index is 2.46. The SMILES string of the molecule is COc1cccc(NC(=O)CNC(CO)C(C)C)c1. The largest absolute Gasteiger partial charge is 0.497 e. The van der Waals surface area contributed by atoms with Crippen LogP contribution in [0.4, 0.5) is 5.69 Å². The van der Waals surface area contributed by atoms with Crippen LogP contribution in [0.3, 0.4) is 0 Å². The second-order valence-corrected chi connectivity index (χ2v) is 4.69. The minimum absolute atomic E-state index is 0.0180. The van der Waals surface area contributed by atoms with Crippen LogP contribution in [-0.2, 0) is 4.79 Å². The molecule has 0 aliphatic carbocycles. The average Bonchev–Trinajstić information content (AvgIpc) is 2.39. The van der Waals surface area contributed by atoms with Crippen molar-refractivity contribution in [3.8, 4) is 5.75 Å². The number of amides is 1. The fourth-order valence-electron chi connectivity index (χ4n) is 1.64. The Morgan fingerprint density at radius 1 is 1.42 bits per heavy atom. The molecule has 1 rings (SSSR count). The maximum atomic E-state index is 11.8. The highest BCUT2D eigenvalue weighted by Gasteiger charge is 2.13. The first-order chi connectivity index (χ1) is 9.06. The second-order valence-electron chi connectivity index (χ2n) is 4.69. The average molecular weight is 266 g/mol. The molecule has 1 unspecified atom stereocenters. The number of carbonyl (C=O) groups is 1. The molecule has 0 fully saturated rings. The molecular weight excluding hydrogens is 244 g/mol. The summed E-state index contributed by atoms with van der Waals surface area (Å²) in [6.07, 6.45) is 0. The van der Waals surface area contributed by atoms with Gasteiger partial charge in [0.1, 0.15) is 5.75 Å². The number of rotatable bonds is 7. The molecule has 1 aromatic carbocycles. The summed E-state index contributed by atoms with van der Waals surface area (Å²) in [7, 11) is 1.58. The molecule has 1 atom stereocenters. The standard InChI is InChI=1S/C14H22N2O3/c1-10(2)13(9-17)15-8-14(18)16-11-5-4-6-12(7-11)19-3/h4-7,10,13,15,17H,8-9H2,1-3H3,(H,16,18). The fourth-order valence-corrected chi connectivity index (χ4v) is 1.64. The van der Waals surface area contributed by atoms with E-state index in [1.807, 2.05) is 26.0 Å². The molecule has 0 spiro atoms. The van der Waals surface area contributed by atoms with Crippen molar-refractivity contribution in [2.24, 2.45) is 5.92 Å². The molecule has 0 aromatic heterocycles. The third kappa shape index (κ3) is 5.28. The predicted octanol–water partition coefficient (Wildman–Crippen LogP) is 1.24. The summed E-state index contributed by atoms with van der Waals surface area (Å²) >= 11 is 0. The number of methoxy groups -OCH3 is 1. The van der Waals surface area contributed by atoms with Crippen molar-refractivity contribution in [1.29, 1.82) is 0 Å². The van der Waals surface area contributed by atoms with Crippen molar-refractivity contribution in [2.45, 2.75) is 19.9 Å². The number of aliphatic hydroxyl groups is 1. The summed E-state index contributed by atoms with van der Waals surface area (Å²) in [5, 5.41) is 15.0. The van der Waals surface area contributed by atoms with E-state index in [1.54, 1.807) is 19.2 Å². The van der Waals surface area contributed by atoms with Gasteiger partial charge in [0.05, 0.1) is 20.3 Å². The van der Waals surface area contributed by atoms with Crippen molar-refractivity contribution in [3.63, 3.8) is 0 Å². The Bertz CT molecular complexity index is 407. The van der Waals surface area contributed by atoms with E-state index >= 15 is 0 Å². The van der Waals surface area contributed by atoms with Crippen LogP contribution >= 0.6 is 0 Å². The molecule has 5 heteroatoms. The van der Waals surface area contributed by atoms with Gasteiger partial charge in [0, 0.05) is 17.8 Å². The number of anilines is 1. The zero-order valence-corrected chi connectivity index (χ0v) is 11.6. The summed E-state index contributed by atoms with van der Waals surface area (Å²) in [6, 6.07) is 7.10. The lowest BCUT2D eigenvalue weighted by molar-refractivity contribution is -0.115. The van der Waals surface area contributed by atoms with E-state index in [4.69, 9.17) is 9.84 Å². The predicted molar refractivity (Wildman–Crippen MR) is 75.3 cm³/mol. The number of carbonyl (C=O) groups excluding carboxylic acids is 1. The summed E-state index contributed by atoms with van der Waals surface area (Å²) < 4.78 is 5.08. The highest BCUT2D eigenvalue weighted by atomic mass is 16.5. The molecule has 0 radical (unpaired) electrons. The quantitative estimate of drug-likeness (QED) is 0.694. The zero-order chi connectivity index (χ0) is 14.3. The van der Waals surface area contributed by atoms with Gasteiger partial charge in [-0.15, -0.1) is 0 Å². The Labute approximate surface area is 114 Å². The third-order valence-corrected chi connectivity index (χ3v) is 2.88. The van der Waals surface area contributed by atoms with E-state index in [0.717, 1.165) is 0 Å². The molecule has 0 saturated carbocycles. The van der Waals surface area contributed by atoms with Gasteiger partial charge in [-0.1, -0.05) is 19.9 Å². The third-order valence-electron chi connectivity index (χ3n) is 2.88. The molecule has 1 aromatic rings. The molecule has 0 heterocycles. The maximum Gasteiger partial charge on any atom is 0.238 e. The van der Waals surface area contributed by atoms with Crippen LogP contribution in [0.5, 0.6) is 5.75 Å². The summed E-state index contributed by atoms with van der Waals surface area (Å²) in [5.74, 6) is 0.822. The molecule has 106 valence electrons. The molecule has 5 nitrogen and oxygen atoms in total.